The molecule has 1 heterocycles. The lowest BCUT2D eigenvalue weighted by atomic mass is 10.0. The zero-order chi connectivity index (χ0) is 15.4. The first-order valence-electron chi connectivity index (χ1n) is 6.42. The highest BCUT2D eigenvalue weighted by molar-refractivity contribution is 6.00. The van der Waals surface area contributed by atoms with Crippen molar-refractivity contribution in [2.75, 3.05) is 20.2 Å². The van der Waals surface area contributed by atoms with Gasteiger partial charge in [0.25, 0.3) is 5.91 Å². The Morgan fingerprint density at radius 2 is 2.14 bits per heavy atom. The lowest BCUT2D eigenvalue weighted by Crippen LogP contribution is -2.59. The molecule has 2 rings (SSSR count). The molecule has 7 heteroatoms. The molecule has 1 aliphatic rings. The average molecular weight is 292 g/mol. The van der Waals surface area contributed by atoms with E-state index in [0.29, 0.717) is 11.1 Å². The van der Waals surface area contributed by atoms with Crippen LogP contribution in [0.25, 0.3) is 0 Å². The quantitative estimate of drug-likeness (QED) is 0.805. The number of carboxylic acids is 1. The number of carbonyl (C=O) groups excluding carboxylic acids is 2. The molecule has 1 aliphatic heterocycles. The van der Waals surface area contributed by atoms with Crippen molar-refractivity contribution in [3.63, 3.8) is 0 Å². The summed E-state index contributed by atoms with van der Waals surface area (Å²) in [6.45, 7) is -0.122. The molecule has 1 unspecified atom stereocenters. The summed E-state index contributed by atoms with van der Waals surface area (Å²) in [5.41, 5.74) is 1.00. The number of hydrogen-bond donors (Lipinski definition) is 2. The number of amides is 2. The maximum absolute atomic E-state index is 12.6. The number of nitrogens with zero attached hydrogens (tertiary/aromatic N) is 1. The molecule has 1 saturated heterocycles. The first-order valence-corrected chi connectivity index (χ1v) is 6.42. The van der Waals surface area contributed by atoms with Gasteiger partial charge in [0.1, 0.15) is 12.6 Å². The van der Waals surface area contributed by atoms with E-state index in [4.69, 9.17) is 4.74 Å². The molecule has 7 nitrogen and oxygen atoms in total. The van der Waals surface area contributed by atoms with Gasteiger partial charge < -0.3 is 20.1 Å². The van der Waals surface area contributed by atoms with Crippen LogP contribution in [0.2, 0.25) is 0 Å². The predicted octanol–water partition coefficient (Wildman–Crippen LogP) is -0.142. The minimum absolute atomic E-state index is 0.0909. The van der Waals surface area contributed by atoms with E-state index in [1.807, 2.05) is 0 Å². The largest absolute Gasteiger partial charge is 0.480 e. The van der Waals surface area contributed by atoms with Crippen LogP contribution < -0.4 is 5.32 Å². The Hall–Kier alpha value is -2.41. The van der Waals surface area contributed by atoms with E-state index in [0.717, 1.165) is 4.90 Å². The summed E-state index contributed by atoms with van der Waals surface area (Å²) in [5, 5.41) is 11.6. The summed E-state index contributed by atoms with van der Waals surface area (Å²) >= 11 is 0. The highest BCUT2D eigenvalue weighted by atomic mass is 16.5. The van der Waals surface area contributed by atoms with Crippen molar-refractivity contribution in [1.29, 1.82) is 0 Å². The van der Waals surface area contributed by atoms with Crippen LogP contribution in [0.15, 0.2) is 24.3 Å². The van der Waals surface area contributed by atoms with Crippen molar-refractivity contribution >= 4 is 17.8 Å². The van der Waals surface area contributed by atoms with Crippen LogP contribution in [0, 0.1) is 0 Å². The maximum atomic E-state index is 12.6. The molecule has 2 amide bonds. The summed E-state index contributed by atoms with van der Waals surface area (Å²) in [6.07, 6.45) is 0. The third-order valence-electron chi connectivity index (χ3n) is 3.28. The SMILES string of the molecule is COCc1ccccc1C(=O)N1CC(=O)NCC1C(=O)O. The van der Waals surface area contributed by atoms with Gasteiger partial charge in [-0.05, 0) is 11.6 Å². The molecule has 0 aliphatic carbocycles. The van der Waals surface area contributed by atoms with Crippen molar-refractivity contribution in [1.82, 2.24) is 10.2 Å². The highest BCUT2D eigenvalue weighted by Gasteiger charge is 2.36. The number of ether oxygens (including phenoxy) is 1. The first-order chi connectivity index (χ1) is 10.0. The zero-order valence-electron chi connectivity index (χ0n) is 11.5. The number of piperazine rings is 1. The number of hydrogen-bond acceptors (Lipinski definition) is 4. The Morgan fingerprint density at radius 3 is 2.81 bits per heavy atom. The van der Waals surface area contributed by atoms with Gasteiger partial charge in [-0.15, -0.1) is 0 Å². The number of carboxylic acid groups (broad SMARTS) is 1. The Morgan fingerprint density at radius 1 is 1.43 bits per heavy atom. The van der Waals surface area contributed by atoms with E-state index in [2.05, 4.69) is 5.32 Å². The van der Waals surface area contributed by atoms with E-state index in [1.54, 1.807) is 24.3 Å². The van der Waals surface area contributed by atoms with Crippen LogP contribution in [-0.2, 0) is 20.9 Å². The van der Waals surface area contributed by atoms with E-state index < -0.39 is 17.9 Å². The fourth-order valence-electron chi connectivity index (χ4n) is 2.24. The third kappa shape index (κ3) is 3.19. The van der Waals surface area contributed by atoms with Gasteiger partial charge in [0.05, 0.1) is 6.61 Å². The fourth-order valence-corrected chi connectivity index (χ4v) is 2.24. The molecule has 112 valence electrons. The zero-order valence-corrected chi connectivity index (χ0v) is 11.5. The second-order valence-electron chi connectivity index (χ2n) is 4.68. The number of methoxy groups -OCH3 is 1. The number of benzene rings is 1. The van der Waals surface area contributed by atoms with Gasteiger partial charge in [-0.1, -0.05) is 18.2 Å². The van der Waals surface area contributed by atoms with Crippen LogP contribution >= 0.6 is 0 Å². The van der Waals surface area contributed by atoms with Gasteiger partial charge in [-0.2, -0.15) is 0 Å². The van der Waals surface area contributed by atoms with E-state index >= 15 is 0 Å². The lowest BCUT2D eigenvalue weighted by Gasteiger charge is -2.33. The molecule has 21 heavy (non-hydrogen) atoms. The van der Waals surface area contributed by atoms with Crippen molar-refractivity contribution in [3.05, 3.63) is 35.4 Å². The number of carbonyl (C=O) groups is 3. The van der Waals surface area contributed by atoms with Crippen molar-refractivity contribution < 1.29 is 24.2 Å². The molecule has 1 aromatic carbocycles. The topological polar surface area (TPSA) is 95.9 Å². The van der Waals surface area contributed by atoms with Gasteiger partial charge >= 0.3 is 5.97 Å². The molecule has 0 bridgehead atoms. The minimum Gasteiger partial charge on any atom is -0.480 e. The summed E-state index contributed by atoms with van der Waals surface area (Å²) in [5.74, 6) is -2.00. The highest BCUT2D eigenvalue weighted by Crippen LogP contribution is 2.16. The van der Waals surface area contributed by atoms with E-state index in [-0.39, 0.29) is 25.6 Å². The van der Waals surface area contributed by atoms with Crippen LogP contribution in [0.1, 0.15) is 15.9 Å². The fraction of sp³-hybridized carbons (Fsp3) is 0.357. The number of nitrogens with one attached hydrogen (secondary N) is 1. The van der Waals surface area contributed by atoms with Gasteiger partial charge in [0.15, 0.2) is 0 Å². The first kappa shape index (κ1) is 15.0. The number of aliphatic carboxylic acids is 1. The summed E-state index contributed by atoms with van der Waals surface area (Å²) in [4.78, 5) is 36.4. The second-order valence-corrected chi connectivity index (χ2v) is 4.68. The number of rotatable bonds is 4. The molecular formula is C14H16N2O5. The smallest absolute Gasteiger partial charge is 0.328 e. The normalized spacial score (nSPS) is 18.2. The molecule has 1 fully saturated rings. The summed E-state index contributed by atoms with van der Waals surface area (Å²) < 4.78 is 5.04. The molecule has 1 aromatic rings. The van der Waals surface area contributed by atoms with Crippen LogP contribution in [0.3, 0.4) is 0 Å². The van der Waals surface area contributed by atoms with E-state index in [1.165, 1.54) is 7.11 Å². The molecule has 0 saturated carbocycles. The van der Waals surface area contributed by atoms with E-state index in [9.17, 15) is 19.5 Å². The molecule has 0 radical (unpaired) electrons. The van der Waals surface area contributed by atoms with Gasteiger partial charge in [0.2, 0.25) is 5.91 Å². The predicted molar refractivity (Wildman–Crippen MR) is 72.6 cm³/mol. The molecular weight excluding hydrogens is 276 g/mol. The Kier molecular flexibility index (Phi) is 4.54. The van der Waals surface area contributed by atoms with Crippen molar-refractivity contribution in [2.24, 2.45) is 0 Å². The monoisotopic (exact) mass is 292 g/mol. The standard InChI is InChI=1S/C14H16N2O5/c1-21-8-9-4-2-3-5-10(9)13(18)16-7-12(17)15-6-11(16)14(19)20/h2-5,11H,6-8H2,1H3,(H,15,17)(H,19,20). The Balaban J connectivity index is 2.32. The van der Waals surface area contributed by atoms with Crippen molar-refractivity contribution in [3.8, 4) is 0 Å². The Labute approximate surface area is 121 Å². The molecule has 0 aromatic heterocycles. The van der Waals surface area contributed by atoms with Gasteiger partial charge in [-0.3, -0.25) is 9.59 Å². The van der Waals surface area contributed by atoms with Crippen LogP contribution in [0.5, 0.6) is 0 Å². The van der Waals surface area contributed by atoms with Gasteiger partial charge in [0, 0.05) is 19.2 Å². The average Bonchev–Trinajstić information content (AvgIpc) is 2.47. The Bertz CT molecular complexity index is 572. The molecule has 1 atom stereocenters. The lowest BCUT2D eigenvalue weighted by molar-refractivity contribution is -0.144. The second kappa shape index (κ2) is 6.36. The third-order valence-corrected chi connectivity index (χ3v) is 3.28. The van der Waals surface area contributed by atoms with Gasteiger partial charge in [-0.25, -0.2) is 4.79 Å². The van der Waals surface area contributed by atoms with Crippen LogP contribution in [-0.4, -0.2) is 54.0 Å². The summed E-state index contributed by atoms with van der Waals surface area (Å²) in [6, 6.07) is 5.72. The van der Waals surface area contributed by atoms with Crippen molar-refractivity contribution in [2.45, 2.75) is 12.6 Å². The molecule has 0 spiro atoms. The maximum Gasteiger partial charge on any atom is 0.328 e. The summed E-state index contributed by atoms with van der Waals surface area (Å²) in [7, 11) is 1.51. The van der Waals surface area contributed by atoms with Crippen LogP contribution in [0.4, 0.5) is 0 Å². The minimum atomic E-state index is -1.15. The molecule has 2 N–H and O–H groups in total.